The quantitative estimate of drug-likeness (QED) is 0.500. The number of hydrogen-bond donors (Lipinski definition) is 0. The summed E-state index contributed by atoms with van der Waals surface area (Å²) in [5, 5.41) is 0.559. The van der Waals surface area contributed by atoms with E-state index in [9.17, 15) is 9.59 Å². The fourth-order valence-electron chi connectivity index (χ4n) is 2.24. The Morgan fingerprint density at radius 1 is 0.963 bits per heavy atom. The summed E-state index contributed by atoms with van der Waals surface area (Å²) in [5.41, 5.74) is -0.928. The average Bonchev–Trinajstić information content (AvgIpc) is 2.66. The molecule has 0 aromatic heterocycles. The predicted octanol–water partition coefficient (Wildman–Crippen LogP) is 3.94. The van der Waals surface area contributed by atoms with E-state index in [-0.39, 0.29) is 5.78 Å². The van der Waals surface area contributed by atoms with Gasteiger partial charge >= 0.3 is 5.97 Å². The summed E-state index contributed by atoms with van der Waals surface area (Å²) in [6.45, 7) is 2.71. The smallest absolute Gasteiger partial charge is 0.350 e. The molecule has 6 nitrogen and oxygen atoms in total. The monoisotopic (exact) mass is 392 g/mol. The van der Waals surface area contributed by atoms with E-state index in [4.69, 9.17) is 30.5 Å². The maximum absolute atomic E-state index is 12.3. The SMILES string of the molecule is COc1ccc(C(=O)COC(=O)C(C)(C)Oc2ccc(Cl)cc2)cc1OC. The first-order valence-corrected chi connectivity index (χ1v) is 8.51. The van der Waals surface area contributed by atoms with Gasteiger partial charge in [-0.1, -0.05) is 11.6 Å². The van der Waals surface area contributed by atoms with Crippen LogP contribution in [0.15, 0.2) is 42.5 Å². The van der Waals surface area contributed by atoms with Crippen LogP contribution in [0.25, 0.3) is 0 Å². The van der Waals surface area contributed by atoms with E-state index in [0.29, 0.717) is 27.8 Å². The minimum Gasteiger partial charge on any atom is -0.493 e. The molecule has 0 radical (unpaired) electrons. The van der Waals surface area contributed by atoms with E-state index in [0.717, 1.165) is 0 Å². The molecule has 7 heteroatoms. The Morgan fingerprint density at radius 2 is 1.59 bits per heavy atom. The lowest BCUT2D eigenvalue weighted by molar-refractivity contribution is -0.158. The summed E-state index contributed by atoms with van der Waals surface area (Å²) in [7, 11) is 2.98. The fraction of sp³-hybridized carbons (Fsp3) is 0.300. The van der Waals surface area contributed by atoms with Crippen LogP contribution in [-0.4, -0.2) is 38.2 Å². The summed E-state index contributed by atoms with van der Waals surface area (Å²) in [4.78, 5) is 24.6. The van der Waals surface area contributed by atoms with Crippen molar-refractivity contribution in [2.45, 2.75) is 19.4 Å². The molecule has 144 valence electrons. The number of Topliss-reactive ketones (excluding diaryl/α,β-unsaturated/α-hetero) is 1. The van der Waals surface area contributed by atoms with Gasteiger partial charge in [-0.05, 0) is 56.3 Å². The largest absolute Gasteiger partial charge is 0.493 e. The van der Waals surface area contributed by atoms with E-state index in [1.165, 1.54) is 20.3 Å². The van der Waals surface area contributed by atoms with Gasteiger partial charge in [0.1, 0.15) is 5.75 Å². The van der Waals surface area contributed by atoms with Crippen LogP contribution in [0.4, 0.5) is 0 Å². The molecule has 0 fully saturated rings. The summed E-state index contributed by atoms with van der Waals surface area (Å²) >= 11 is 5.83. The Bertz CT molecular complexity index is 814. The van der Waals surface area contributed by atoms with Crippen LogP contribution in [0.3, 0.4) is 0 Å². The highest BCUT2D eigenvalue weighted by molar-refractivity contribution is 6.30. The Hall–Kier alpha value is -2.73. The van der Waals surface area contributed by atoms with Crippen LogP contribution in [0.2, 0.25) is 5.02 Å². The molecule has 0 amide bonds. The molecule has 0 bridgehead atoms. The van der Waals surface area contributed by atoms with Gasteiger partial charge < -0.3 is 18.9 Å². The lowest BCUT2D eigenvalue weighted by Crippen LogP contribution is -2.40. The van der Waals surface area contributed by atoms with Crippen molar-refractivity contribution >= 4 is 23.4 Å². The molecule has 0 aliphatic carbocycles. The van der Waals surface area contributed by atoms with Crippen molar-refractivity contribution in [3.8, 4) is 17.2 Å². The van der Waals surface area contributed by atoms with Gasteiger partial charge in [-0.15, -0.1) is 0 Å². The molecule has 0 saturated carbocycles. The van der Waals surface area contributed by atoms with Crippen molar-refractivity contribution in [1.29, 1.82) is 0 Å². The topological polar surface area (TPSA) is 71.1 Å². The van der Waals surface area contributed by atoms with Gasteiger partial charge in [0.15, 0.2) is 29.5 Å². The summed E-state index contributed by atoms with van der Waals surface area (Å²) < 4.78 is 21.1. The molecule has 2 aromatic carbocycles. The number of carbonyl (C=O) groups excluding carboxylic acids is 2. The fourth-order valence-corrected chi connectivity index (χ4v) is 2.36. The van der Waals surface area contributed by atoms with Gasteiger partial charge in [0.2, 0.25) is 0 Å². The van der Waals surface area contributed by atoms with E-state index in [2.05, 4.69) is 0 Å². The van der Waals surface area contributed by atoms with E-state index in [1.54, 1.807) is 50.2 Å². The van der Waals surface area contributed by atoms with Gasteiger partial charge in [-0.3, -0.25) is 4.79 Å². The summed E-state index contributed by atoms with van der Waals surface area (Å²) in [6, 6.07) is 11.3. The van der Waals surface area contributed by atoms with E-state index < -0.39 is 18.2 Å². The summed E-state index contributed by atoms with van der Waals surface area (Å²) in [5.74, 6) is 0.357. The second kappa shape index (κ2) is 8.77. The maximum Gasteiger partial charge on any atom is 0.350 e. The molecule has 0 aliphatic heterocycles. The van der Waals surface area contributed by atoms with Gasteiger partial charge in [-0.25, -0.2) is 4.79 Å². The lowest BCUT2D eigenvalue weighted by Gasteiger charge is -2.24. The van der Waals surface area contributed by atoms with Crippen molar-refractivity contribution in [2.75, 3.05) is 20.8 Å². The zero-order valence-electron chi connectivity index (χ0n) is 15.6. The number of esters is 1. The lowest BCUT2D eigenvalue weighted by atomic mass is 10.1. The molecule has 0 atom stereocenters. The average molecular weight is 393 g/mol. The van der Waals surface area contributed by atoms with Crippen molar-refractivity contribution in [1.82, 2.24) is 0 Å². The second-order valence-electron chi connectivity index (χ2n) is 6.14. The third kappa shape index (κ3) is 5.37. The van der Waals surface area contributed by atoms with Gasteiger partial charge in [0.05, 0.1) is 14.2 Å². The van der Waals surface area contributed by atoms with Crippen molar-refractivity contribution in [2.24, 2.45) is 0 Å². The third-order valence-electron chi connectivity index (χ3n) is 3.72. The molecule has 2 rings (SSSR count). The number of methoxy groups -OCH3 is 2. The number of hydrogen-bond acceptors (Lipinski definition) is 6. The minimum atomic E-state index is -1.27. The highest BCUT2D eigenvalue weighted by Crippen LogP contribution is 2.28. The normalized spacial score (nSPS) is 10.9. The van der Waals surface area contributed by atoms with E-state index in [1.807, 2.05) is 0 Å². The van der Waals surface area contributed by atoms with Gasteiger partial charge in [0, 0.05) is 10.6 Å². The van der Waals surface area contributed by atoms with Crippen molar-refractivity contribution in [3.63, 3.8) is 0 Å². The zero-order chi connectivity index (χ0) is 20.0. The van der Waals surface area contributed by atoms with Crippen LogP contribution in [0.5, 0.6) is 17.2 Å². The minimum absolute atomic E-state index is 0.344. The first kappa shape index (κ1) is 20.6. The molecule has 0 heterocycles. The number of rotatable bonds is 8. The van der Waals surface area contributed by atoms with Gasteiger partial charge in [-0.2, -0.15) is 0 Å². The Kier molecular flexibility index (Phi) is 6.69. The molecule has 2 aromatic rings. The van der Waals surface area contributed by atoms with Crippen LogP contribution < -0.4 is 14.2 Å². The first-order valence-electron chi connectivity index (χ1n) is 8.14. The van der Waals surface area contributed by atoms with Gasteiger partial charge in [0.25, 0.3) is 0 Å². The third-order valence-corrected chi connectivity index (χ3v) is 3.97. The van der Waals surface area contributed by atoms with Crippen molar-refractivity contribution in [3.05, 3.63) is 53.1 Å². The molecule has 27 heavy (non-hydrogen) atoms. The molecule has 0 spiro atoms. The molecule has 0 aliphatic rings. The molecular weight excluding hydrogens is 372 g/mol. The number of benzene rings is 2. The Balaban J connectivity index is 1.99. The number of ketones is 1. The predicted molar refractivity (Wildman–Crippen MR) is 101 cm³/mol. The molecule has 0 unspecified atom stereocenters. The molecule has 0 N–H and O–H groups in total. The standard InChI is InChI=1S/C20H21ClO6/c1-20(2,27-15-8-6-14(21)7-9-15)19(23)26-12-16(22)13-5-10-17(24-3)18(11-13)25-4/h5-11H,12H2,1-4H3. The highest BCUT2D eigenvalue weighted by atomic mass is 35.5. The Labute approximate surface area is 162 Å². The van der Waals surface area contributed by atoms with Crippen molar-refractivity contribution < 1.29 is 28.5 Å². The Morgan fingerprint density at radius 3 is 2.19 bits per heavy atom. The maximum atomic E-state index is 12.3. The highest BCUT2D eigenvalue weighted by Gasteiger charge is 2.32. The molecular formula is C20H21ClO6. The van der Waals surface area contributed by atoms with Crippen LogP contribution in [-0.2, 0) is 9.53 Å². The number of ether oxygens (including phenoxy) is 4. The van der Waals surface area contributed by atoms with Crippen LogP contribution in [0, 0.1) is 0 Å². The van der Waals surface area contributed by atoms with Crippen LogP contribution >= 0.6 is 11.6 Å². The first-order chi connectivity index (χ1) is 12.8. The molecule has 0 saturated heterocycles. The second-order valence-corrected chi connectivity index (χ2v) is 6.57. The van der Waals surface area contributed by atoms with E-state index >= 15 is 0 Å². The summed E-state index contributed by atoms with van der Waals surface area (Å²) in [6.07, 6.45) is 0. The number of halogens is 1. The van der Waals surface area contributed by atoms with Crippen LogP contribution in [0.1, 0.15) is 24.2 Å². The zero-order valence-corrected chi connectivity index (χ0v) is 16.3. The number of carbonyl (C=O) groups is 2.